The second kappa shape index (κ2) is 8.93. The molecule has 11 heteroatoms. The maximum Gasteiger partial charge on any atom is 0.321 e. The monoisotopic (exact) mass is 465 g/mol. The lowest BCUT2D eigenvalue weighted by atomic mass is 10.1. The second-order valence-corrected chi connectivity index (χ2v) is 7.76. The summed E-state index contributed by atoms with van der Waals surface area (Å²) in [5.74, 6) is 0.542. The molecule has 174 valence electrons. The van der Waals surface area contributed by atoms with Crippen molar-refractivity contribution in [3.8, 4) is 16.9 Å². The van der Waals surface area contributed by atoms with Gasteiger partial charge < -0.3 is 19.9 Å². The van der Waals surface area contributed by atoms with Gasteiger partial charge in [-0.3, -0.25) is 0 Å². The van der Waals surface area contributed by atoms with Gasteiger partial charge in [-0.05, 0) is 29.8 Å². The van der Waals surface area contributed by atoms with Gasteiger partial charge in [0.15, 0.2) is 0 Å². The van der Waals surface area contributed by atoms with Crippen LogP contribution < -0.4 is 15.0 Å². The Bertz CT molecular complexity index is 1310. The number of nitrogens with zero attached hydrogens (tertiary/aromatic N) is 6. The van der Waals surface area contributed by atoms with Crippen LogP contribution in [-0.2, 0) is 0 Å². The van der Waals surface area contributed by atoms with Crippen LogP contribution in [-0.4, -0.2) is 63.8 Å². The Morgan fingerprint density at radius 3 is 2.38 bits per heavy atom. The summed E-state index contributed by atoms with van der Waals surface area (Å²) in [4.78, 5) is 25.0. The van der Waals surface area contributed by atoms with Gasteiger partial charge in [0.05, 0.1) is 7.11 Å². The van der Waals surface area contributed by atoms with Crippen molar-refractivity contribution in [2.75, 3.05) is 43.5 Å². The predicted octanol–water partition coefficient (Wildman–Crippen LogP) is 3.43. The van der Waals surface area contributed by atoms with Gasteiger partial charge >= 0.3 is 6.03 Å². The molecule has 5 rings (SSSR count). The molecule has 1 aliphatic rings. The molecule has 1 fully saturated rings. The van der Waals surface area contributed by atoms with Crippen LogP contribution in [0.15, 0.2) is 55.0 Å². The molecule has 1 N–H and O–H groups in total. The van der Waals surface area contributed by atoms with Gasteiger partial charge in [-0.1, -0.05) is 12.1 Å². The highest BCUT2D eigenvalue weighted by molar-refractivity contribution is 5.89. The molecule has 2 aromatic heterocycles. The second-order valence-electron chi connectivity index (χ2n) is 7.76. The molecular formula is C23H21F2N7O2. The number of carbonyl (C=O) groups is 1. The van der Waals surface area contributed by atoms with Gasteiger partial charge in [0, 0.05) is 49.7 Å². The van der Waals surface area contributed by atoms with Gasteiger partial charge in [0.2, 0.25) is 0 Å². The Morgan fingerprint density at radius 1 is 1.00 bits per heavy atom. The number of benzene rings is 2. The van der Waals surface area contributed by atoms with Crippen LogP contribution in [0.3, 0.4) is 0 Å². The van der Waals surface area contributed by atoms with Crippen molar-refractivity contribution in [3.63, 3.8) is 0 Å². The molecule has 0 atom stereocenters. The van der Waals surface area contributed by atoms with E-state index in [1.807, 2.05) is 24.3 Å². The van der Waals surface area contributed by atoms with E-state index in [0.717, 1.165) is 40.9 Å². The highest BCUT2D eigenvalue weighted by atomic mass is 19.1. The number of anilines is 2. The molecule has 2 aromatic carbocycles. The summed E-state index contributed by atoms with van der Waals surface area (Å²) in [7, 11) is 1.61. The molecule has 0 saturated carbocycles. The van der Waals surface area contributed by atoms with E-state index in [0.29, 0.717) is 32.0 Å². The van der Waals surface area contributed by atoms with Crippen LogP contribution in [0.5, 0.6) is 5.75 Å². The highest BCUT2D eigenvalue weighted by Gasteiger charge is 2.26. The number of methoxy groups -OCH3 is 1. The van der Waals surface area contributed by atoms with E-state index in [1.54, 1.807) is 22.7 Å². The molecule has 1 aliphatic heterocycles. The van der Waals surface area contributed by atoms with Crippen molar-refractivity contribution in [1.29, 1.82) is 0 Å². The molecule has 34 heavy (non-hydrogen) atoms. The van der Waals surface area contributed by atoms with Crippen molar-refractivity contribution in [2.45, 2.75) is 0 Å². The Hall–Kier alpha value is -4.28. The predicted molar refractivity (Wildman–Crippen MR) is 122 cm³/mol. The lowest BCUT2D eigenvalue weighted by molar-refractivity contribution is 0.208. The fourth-order valence-electron chi connectivity index (χ4n) is 4.00. The zero-order valence-corrected chi connectivity index (χ0v) is 18.3. The van der Waals surface area contributed by atoms with Gasteiger partial charge in [-0.15, -0.1) is 0 Å². The SMILES string of the molecule is COc1ccc(-c2cnc3ncnn3c2N2CCN(C(=O)Nc3cc(F)cc(F)c3)CC2)cc1. The van der Waals surface area contributed by atoms with Gasteiger partial charge in [-0.2, -0.15) is 14.6 Å². The third-order valence-electron chi connectivity index (χ3n) is 5.66. The zero-order chi connectivity index (χ0) is 23.7. The summed E-state index contributed by atoms with van der Waals surface area (Å²) in [6.07, 6.45) is 3.21. The van der Waals surface area contributed by atoms with Crippen molar-refractivity contribution in [1.82, 2.24) is 24.5 Å². The number of fused-ring (bicyclic) bond motifs is 1. The quantitative estimate of drug-likeness (QED) is 0.497. The fraction of sp³-hybridized carbons (Fsp3) is 0.217. The normalized spacial score (nSPS) is 13.9. The van der Waals surface area contributed by atoms with E-state index < -0.39 is 17.7 Å². The Morgan fingerprint density at radius 2 is 1.71 bits per heavy atom. The average molecular weight is 465 g/mol. The number of aromatic nitrogens is 4. The Balaban J connectivity index is 1.37. The number of rotatable bonds is 4. The minimum atomic E-state index is -0.749. The number of nitrogens with one attached hydrogen (secondary N) is 1. The minimum Gasteiger partial charge on any atom is -0.497 e. The molecule has 0 spiro atoms. The third-order valence-corrected chi connectivity index (χ3v) is 5.66. The summed E-state index contributed by atoms with van der Waals surface area (Å²) in [6.45, 7) is 1.86. The molecule has 4 aromatic rings. The topological polar surface area (TPSA) is 87.9 Å². The maximum absolute atomic E-state index is 13.4. The molecule has 0 aliphatic carbocycles. The van der Waals surface area contributed by atoms with E-state index in [9.17, 15) is 13.6 Å². The summed E-state index contributed by atoms with van der Waals surface area (Å²) in [6, 6.07) is 10.2. The van der Waals surface area contributed by atoms with Gasteiger partial charge in [-0.25, -0.2) is 18.6 Å². The Kier molecular flexibility index (Phi) is 5.66. The van der Waals surface area contributed by atoms with E-state index in [4.69, 9.17) is 4.74 Å². The molecule has 0 unspecified atom stereocenters. The minimum absolute atomic E-state index is 0.0742. The summed E-state index contributed by atoms with van der Waals surface area (Å²) in [5.41, 5.74) is 1.88. The number of carbonyl (C=O) groups excluding carboxylic acids is 1. The van der Waals surface area contributed by atoms with Crippen LogP contribution >= 0.6 is 0 Å². The van der Waals surface area contributed by atoms with Crippen LogP contribution in [0.2, 0.25) is 0 Å². The summed E-state index contributed by atoms with van der Waals surface area (Å²) in [5, 5.41) is 6.91. The number of halogens is 2. The molecule has 2 amide bonds. The largest absolute Gasteiger partial charge is 0.497 e. The molecular weight excluding hydrogens is 444 g/mol. The molecule has 3 heterocycles. The molecule has 1 saturated heterocycles. The molecule has 0 radical (unpaired) electrons. The van der Waals surface area contributed by atoms with Gasteiger partial charge in [0.25, 0.3) is 5.78 Å². The standard InChI is InChI=1S/C23H21F2N7O2/c1-34-19-4-2-15(3-5-19)20-13-26-22-27-14-28-32(22)21(20)30-6-8-31(9-7-30)23(33)29-18-11-16(24)10-17(25)12-18/h2-5,10-14H,6-9H2,1H3,(H,29,33). The number of urea groups is 1. The highest BCUT2D eigenvalue weighted by Crippen LogP contribution is 2.32. The summed E-state index contributed by atoms with van der Waals surface area (Å²) < 4.78 is 33.8. The lowest BCUT2D eigenvalue weighted by Gasteiger charge is -2.36. The van der Waals surface area contributed by atoms with Crippen LogP contribution in [0.4, 0.5) is 25.1 Å². The third kappa shape index (κ3) is 4.19. The average Bonchev–Trinajstić information content (AvgIpc) is 3.32. The van der Waals surface area contributed by atoms with Crippen LogP contribution in [0.1, 0.15) is 0 Å². The Labute approximate surface area is 193 Å². The number of ether oxygens (including phenoxy) is 1. The number of amides is 2. The van der Waals surface area contributed by atoms with Gasteiger partial charge in [0.1, 0.15) is 29.5 Å². The smallest absolute Gasteiger partial charge is 0.321 e. The van der Waals surface area contributed by atoms with Crippen molar-refractivity contribution < 1.29 is 18.3 Å². The van der Waals surface area contributed by atoms with Crippen molar-refractivity contribution in [3.05, 3.63) is 66.6 Å². The summed E-state index contributed by atoms with van der Waals surface area (Å²) >= 11 is 0. The van der Waals surface area contributed by atoms with E-state index in [-0.39, 0.29) is 5.69 Å². The number of hydrogen-bond donors (Lipinski definition) is 1. The molecule has 9 nitrogen and oxygen atoms in total. The van der Waals surface area contributed by atoms with E-state index in [1.165, 1.54) is 6.33 Å². The zero-order valence-electron chi connectivity index (χ0n) is 18.3. The first-order valence-electron chi connectivity index (χ1n) is 10.6. The number of hydrogen-bond acceptors (Lipinski definition) is 6. The fourth-order valence-corrected chi connectivity index (χ4v) is 4.00. The van der Waals surface area contributed by atoms with Crippen LogP contribution in [0, 0.1) is 11.6 Å². The van der Waals surface area contributed by atoms with Crippen molar-refractivity contribution >= 4 is 23.3 Å². The first-order chi connectivity index (χ1) is 16.5. The first-order valence-corrected chi connectivity index (χ1v) is 10.6. The van der Waals surface area contributed by atoms with E-state index >= 15 is 0 Å². The van der Waals surface area contributed by atoms with Crippen molar-refractivity contribution in [2.24, 2.45) is 0 Å². The number of piperazine rings is 1. The maximum atomic E-state index is 13.4. The van der Waals surface area contributed by atoms with E-state index in [2.05, 4.69) is 25.3 Å². The lowest BCUT2D eigenvalue weighted by Crippen LogP contribution is -2.50. The van der Waals surface area contributed by atoms with Crippen LogP contribution in [0.25, 0.3) is 16.9 Å². The first kappa shape index (κ1) is 21.6. The molecule has 0 bridgehead atoms.